The molecule has 0 aliphatic rings. The number of likely N-dealkylation sites (N-methyl/N-ethyl adjacent to an activating group) is 1. The molecule has 1 rings (SSSR count). The standard InChI is InChI=1S/C11H11BrFNO3/c1-2-14(6-10(15)16)11(17)7-3-4-9(13)8(12)5-7/h3-5H,2,6H2,1H3,(H,15,16). The Bertz CT molecular complexity index is 450. The first-order valence-corrected chi connectivity index (χ1v) is 5.71. The maximum Gasteiger partial charge on any atom is 0.323 e. The highest BCUT2D eigenvalue weighted by molar-refractivity contribution is 9.10. The van der Waals surface area contributed by atoms with E-state index in [-0.39, 0.29) is 23.1 Å². The summed E-state index contributed by atoms with van der Waals surface area (Å²) in [5.41, 5.74) is 0.251. The quantitative estimate of drug-likeness (QED) is 0.927. The van der Waals surface area contributed by atoms with Gasteiger partial charge in [-0.2, -0.15) is 0 Å². The second-order valence-corrected chi connectivity index (χ2v) is 4.20. The molecule has 6 heteroatoms. The van der Waals surface area contributed by atoms with Crippen molar-refractivity contribution < 1.29 is 19.1 Å². The molecule has 17 heavy (non-hydrogen) atoms. The number of hydrogen-bond acceptors (Lipinski definition) is 2. The van der Waals surface area contributed by atoms with Crippen LogP contribution >= 0.6 is 15.9 Å². The first-order chi connectivity index (χ1) is 7.95. The Morgan fingerprint density at radius 1 is 1.47 bits per heavy atom. The van der Waals surface area contributed by atoms with E-state index in [9.17, 15) is 14.0 Å². The largest absolute Gasteiger partial charge is 0.480 e. The molecule has 0 unspecified atom stereocenters. The number of rotatable bonds is 4. The lowest BCUT2D eigenvalue weighted by atomic mass is 10.2. The number of benzene rings is 1. The van der Waals surface area contributed by atoms with Gasteiger partial charge in [-0.25, -0.2) is 4.39 Å². The van der Waals surface area contributed by atoms with Crippen molar-refractivity contribution in [3.63, 3.8) is 0 Å². The number of nitrogens with zero attached hydrogens (tertiary/aromatic N) is 1. The smallest absolute Gasteiger partial charge is 0.323 e. The average molecular weight is 304 g/mol. The Labute approximate surface area is 106 Å². The number of carboxylic acids is 1. The number of carboxylic acid groups (broad SMARTS) is 1. The van der Waals surface area contributed by atoms with Crippen LogP contribution in [0.25, 0.3) is 0 Å². The van der Waals surface area contributed by atoms with Crippen LogP contribution in [0.5, 0.6) is 0 Å². The Morgan fingerprint density at radius 3 is 2.59 bits per heavy atom. The van der Waals surface area contributed by atoms with Crippen LogP contribution in [-0.4, -0.2) is 35.0 Å². The van der Waals surface area contributed by atoms with Crippen molar-refractivity contribution in [3.05, 3.63) is 34.1 Å². The van der Waals surface area contributed by atoms with Gasteiger partial charge >= 0.3 is 5.97 Å². The number of halogens is 2. The van der Waals surface area contributed by atoms with E-state index in [4.69, 9.17) is 5.11 Å². The lowest BCUT2D eigenvalue weighted by Gasteiger charge is -2.18. The summed E-state index contributed by atoms with van der Waals surface area (Å²) < 4.78 is 13.2. The second kappa shape index (κ2) is 5.77. The summed E-state index contributed by atoms with van der Waals surface area (Å²) in [6.45, 7) is 1.59. The topological polar surface area (TPSA) is 57.6 Å². The Kier molecular flexibility index (Phi) is 4.62. The molecule has 0 bridgehead atoms. The fourth-order valence-corrected chi connectivity index (χ4v) is 1.68. The maximum atomic E-state index is 13.0. The van der Waals surface area contributed by atoms with Crippen molar-refractivity contribution in [3.8, 4) is 0 Å². The van der Waals surface area contributed by atoms with Gasteiger partial charge in [0.2, 0.25) is 0 Å². The molecule has 92 valence electrons. The minimum absolute atomic E-state index is 0.176. The van der Waals surface area contributed by atoms with Crippen molar-refractivity contribution in [1.29, 1.82) is 0 Å². The summed E-state index contributed by atoms with van der Waals surface area (Å²) in [6.07, 6.45) is 0. The van der Waals surface area contributed by atoms with Gasteiger partial charge < -0.3 is 10.0 Å². The first-order valence-electron chi connectivity index (χ1n) is 4.91. The SMILES string of the molecule is CCN(CC(=O)O)C(=O)c1ccc(F)c(Br)c1. The molecule has 0 aliphatic heterocycles. The van der Waals surface area contributed by atoms with Crippen LogP contribution < -0.4 is 0 Å². The molecule has 0 aromatic heterocycles. The van der Waals surface area contributed by atoms with Gasteiger partial charge in [-0.1, -0.05) is 0 Å². The fraction of sp³-hybridized carbons (Fsp3) is 0.273. The van der Waals surface area contributed by atoms with Crippen LogP contribution in [0.15, 0.2) is 22.7 Å². The normalized spacial score (nSPS) is 10.1. The van der Waals surface area contributed by atoms with E-state index in [1.807, 2.05) is 0 Å². The van der Waals surface area contributed by atoms with Gasteiger partial charge in [-0.3, -0.25) is 9.59 Å². The summed E-state index contributed by atoms with van der Waals surface area (Å²) >= 11 is 2.97. The summed E-state index contributed by atoms with van der Waals surface area (Å²) in [4.78, 5) is 23.6. The third-order valence-corrected chi connectivity index (χ3v) is 2.77. The third kappa shape index (κ3) is 3.52. The molecule has 0 spiro atoms. The molecule has 1 N–H and O–H groups in total. The van der Waals surface area contributed by atoms with Crippen molar-refractivity contribution in [2.75, 3.05) is 13.1 Å². The van der Waals surface area contributed by atoms with Crippen LogP contribution in [0.3, 0.4) is 0 Å². The zero-order valence-electron chi connectivity index (χ0n) is 9.11. The van der Waals surface area contributed by atoms with E-state index in [0.717, 1.165) is 6.07 Å². The van der Waals surface area contributed by atoms with Crippen LogP contribution in [0, 0.1) is 5.82 Å². The zero-order chi connectivity index (χ0) is 13.0. The van der Waals surface area contributed by atoms with Crippen LogP contribution in [0.1, 0.15) is 17.3 Å². The molecular weight excluding hydrogens is 293 g/mol. The molecule has 0 saturated carbocycles. The molecule has 0 fully saturated rings. The number of hydrogen-bond donors (Lipinski definition) is 1. The van der Waals surface area contributed by atoms with E-state index in [0.29, 0.717) is 0 Å². The van der Waals surface area contributed by atoms with Crippen molar-refractivity contribution in [2.45, 2.75) is 6.92 Å². The van der Waals surface area contributed by atoms with Gasteiger partial charge in [0.1, 0.15) is 12.4 Å². The van der Waals surface area contributed by atoms with Crippen molar-refractivity contribution in [2.24, 2.45) is 0 Å². The van der Waals surface area contributed by atoms with Gasteiger partial charge in [0.25, 0.3) is 5.91 Å². The molecular formula is C11H11BrFNO3. The molecule has 0 aliphatic carbocycles. The van der Waals surface area contributed by atoms with Gasteiger partial charge in [-0.15, -0.1) is 0 Å². The molecule has 0 radical (unpaired) electrons. The van der Waals surface area contributed by atoms with Gasteiger partial charge in [-0.05, 0) is 41.1 Å². The lowest BCUT2D eigenvalue weighted by Crippen LogP contribution is -2.35. The molecule has 1 amide bonds. The van der Waals surface area contributed by atoms with E-state index in [2.05, 4.69) is 15.9 Å². The first kappa shape index (κ1) is 13.6. The zero-order valence-corrected chi connectivity index (χ0v) is 10.7. The number of aliphatic carboxylic acids is 1. The Morgan fingerprint density at radius 2 is 2.12 bits per heavy atom. The van der Waals surface area contributed by atoms with Crippen molar-refractivity contribution in [1.82, 2.24) is 4.90 Å². The van der Waals surface area contributed by atoms with E-state index >= 15 is 0 Å². The van der Waals surface area contributed by atoms with Crippen LogP contribution in [-0.2, 0) is 4.79 Å². The van der Waals surface area contributed by atoms with Gasteiger partial charge in [0, 0.05) is 12.1 Å². The predicted molar refractivity (Wildman–Crippen MR) is 63.3 cm³/mol. The third-order valence-electron chi connectivity index (χ3n) is 2.16. The Hall–Kier alpha value is -1.43. The minimum Gasteiger partial charge on any atom is -0.480 e. The molecule has 0 saturated heterocycles. The number of carbonyl (C=O) groups excluding carboxylic acids is 1. The van der Waals surface area contributed by atoms with E-state index in [1.165, 1.54) is 17.0 Å². The van der Waals surface area contributed by atoms with Gasteiger partial charge in [0.05, 0.1) is 4.47 Å². The monoisotopic (exact) mass is 303 g/mol. The van der Waals surface area contributed by atoms with Crippen molar-refractivity contribution >= 4 is 27.8 Å². The van der Waals surface area contributed by atoms with E-state index in [1.54, 1.807) is 6.92 Å². The second-order valence-electron chi connectivity index (χ2n) is 3.34. The average Bonchev–Trinajstić information content (AvgIpc) is 2.28. The summed E-state index contributed by atoms with van der Waals surface area (Å²) in [5.74, 6) is -1.99. The lowest BCUT2D eigenvalue weighted by molar-refractivity contribution is -0.137. The minimum atomic E-state index is -1.08. The molecule has 1 aromatic carbocycles. The van der Waals surface area contributed by atoms with Crippen LogP contribution in [0.4, 0.5) is 4.39 Å². The highest BCUT2D eigenvalue weighted by Gasteiger charge is 2.17. The van der Waals surface area contributed by atoms with Gasteiger partial charge in [0.15, 0.2) is 0 Å². The highest BCUT2D eigenvalue weighted by Crippen LogP contribution is 2.17. The highest BCUT2D eigenvalue weighted by atomic mass is 79.9. The summed E-state index contributed by atoms with van der Waals surface area (Å²) in [5, 5.41) is 8.65. The van der Waals surface area contributed by atoms with Crippen LogP contribution in [0.2, 0.25) is 0 Å². The number of carbonyl (C=O) groups is 2. The molecule has 0 atom stereocenters. The number of amides is 1. The molecule has 0 heterocycles. The molecule has 4 nitrogen and oxygen atoms in total. The maximum absolute atomic E-state index is 13.0. The van der Waals surface area contributed by atoms with E-state index < -0.39 is 17.7 Å². The molecule has 1 aromatic rings. The summed E-state index contributed by atoms with van der Waals surface area (Å²) in [7, 11) is 0. The fourth-order valence-electron chi connectivity index (χ4n) is 1.30. The predicted octanol–water partition coefficient (Wildman–Crippen LogP) is 2.13. The summed E-state index contributed by atoms with van der Waals surface area (Å²) in [6, 6.07) is 3.82. The Balaban J connectivity index is 2.93.